The van der Waals surface area contributed by atoms with Gasteiger partial charge in [0.15, 0.2) is 15.1 Å². The Kier molecular flexibility index (Phi) is 8.13. The number of esters is 1. The summed E-state index contributed by atoms with van der Waals surface area (Å²) < 4.78 is 53.3. The smallest absolute Gasteiger partial charge is 0.338 e. The van der Waals surface area contributed by atoms with Gasteiger partial charge in [-0.1, -0.05) is 12.1 Å². The molecular weight excluding hydrogens is 538 g/mol. The van der Waals surface area contributed by atoms with Gasteiger partial charge < -0.3 is 10.1 Å². The molecule has 3 aromatic rings. The first-order valence-electron chi connectivity index (χ1n) is 11.2. The largest absolute Gasteiger partial charge is 0.456 e. The minimum absolute atomic E-state index is 0.0717. The number of thiazole rings is 1. The molecule has 2 aromatic carbocycles. The van der Waals surface area contributed by atoms with Gasteiger partial charge in [-0.3, -0.25) is 4.79 Å². The molecule has 1 amide bonds. The maximum absolute atomic E-state index is 12.7. The number of nitrogens with one attached hydrogen (secondary N) is 1. The summed E-state index contributed by atoms with van der Waals surface area (Å²) >= 11 is 1.06. The number of carbonyl (C=O) groups excluding carboxylic acids is 2. The number of primary sulfonamides is 1. The van der Waals surface area contributed by atoms with Crippen LogP contribution >= 0.6 is 11.3 Å². The third kappa shape index (κ3) is 7.57. The van der Waals surface area contributed by atoms with Crippen molar-refractivity contribution in [3.8, 4) is 11.1 Å². The molecule has 0 fully saturated rings. The van der Waals surface area contributed by atoms with Crippen LogP contribution in [0, 0.1) is 6.92 Å². The second kappa shape index (κ2) is 10.5. The average Bonchev–Trinajstić information content (AvgIpc) is 3.11. The minimum atomic E-state index is -3.92. The van der Waals surface area contributed by atoms with E-state index in [1.54, 1.807) is 51.1 Å². The Hall–Kier alpha value is -2.87. The number of carbonyl (C=O) groups is 2. The number of ether oxygens (including phenoxy) is 1. The van der Waals surface area contributed by atoms with E-state index in [0.717, 1.165) is 34.3 Å². The van der Waals surface area contributed by atoms with Gasteiger partial charge >= 0.3 is 5.97 Å². The minimum Gasteiger partial charge on any atom is -0.456 e. The van der Waals surface area contributed by atoms with Crippen molar-refractivity contribution in [1.29, 1.82) is 0 Å². The Morgan fingerprint density at radius 2 is 1.73 bits per heavy atom. The second-order valence-electron chi connectivity index (χ2n) is 9.63. The van der Waals surface area contributed by atoms with Crippen molar-refractivity contribution >= 4 is 53.3 Å². The van der Waals surface area contributed by atoms with Crippen LogP contribution in [0.2, 0.25) is 0 Å². The van der Waals surface area contributed by atoms with E-state index in [4.69, 9.17) is 9.88 Å². The number of sulfonamides is 1. The molecule has 0 saturated carbocycles. The number of aromatic nitrogens is 1. The molecule has 0 aliphatic heterocycles. The van der Waals surface area contributed by atoms with E-state index in [9.17, 15) is 26.4 Å². The lowest BCUT2D eigenvalue weighted by Crippen LogP contribution is -2.37. The number of benzene rings is 2. The van der Waals surface area contributed by atoms with Crippen LogP contribution < -0.4 is 10.5 Å². The zero-order valence-electron chi connectivity index (χ0n) is 21.1. The van der Waals surface area contributed by atoms with Crippen molar-refractivity contribution in [2.75, 3.05) is 18.6 Å². The number of fused-ring (bicyclic) bond motifs is 1. The molecule has 1 heterocycles. The van der Waals surface area contributed by atoms with Crippen molar-refractivity contribution in [3.63, 3.8) is 0 Å². The molecule has 10 nitrogen and oxygen atoms in total. The summed E-state index contributed by atoms with van der Waals surface area (Å²) in [6.07, 6.45) is 0.923. The molecule has 0 spiro atoms. The molecule has 1 atom stereocenters. The Morgan fingerprint density at radius 3 is 2.27 bits per heavy atom. The van der Waals surface area contributed by atoms with Gasteiger partial charge in [0.1, 0.15) is 10.6 Å². The van der Waals surface area contributed by atoms with Gasteiger partial charge in [-0.05, 0) is 68.7 Å². The van der Waals surface area contributed by atoms with E-state index >= 15 is 0 Å². The predicted molar refractivity (Wildman–Crippen MR) is 144 cm³/mol. The van der Waals surface area contributed by atoms with Crippen LogP contribution in [-0.2, 0) is 29.4 Å². The highest BCUT2D eigenvalue weighted by Gasteiger charge is 2.34. The van der Waals surface area contributed by atoms with Gasteiger partial charge in [-0.2, -0.15) is 0 Å². The molecule has 3 rings (SSSR count). The lowest BCUT2D eigenvalue weighted by molar-refractivity contribution is -0.120. The molecule has 0 radical (unpaired) electrons. The number of aryl methyl sites for hydroxylation is 1. The third-order valence-electron chi connectivity index (χ3n) is 5.16. The normalized spacial score (nSPS) is 13.4. The lowest BCUT2D eigenvalue weighted by atomic mass is 9.99. The van der Waals surface area contributed by atoms with Gasteiger partial charge in [0.2, 0.25) is 15.9 Å². The van der Waals surface area contributed by atoms with E-state index in [2.05, 4.69) is 10.3 Å². The fourth-order valence-electron chi connectivity index (χ4n) is 3.54. The first-order chi connectivity index (χ1) is 16.9. The number of nitrogens with zero attached hydrogens (tertiary/aromatic N) is 1. The van der Waals surface area contributed by atoms with Crippen LogP contribution in [0.4, 0.5) is 0 Å². The quantitative estimate of drug-likeness (QED) is 0.393. The summed E-state index contributed by atoms with van der Waals surface area (Å²) in [7, 11) is -7.74. The van der Waals surface area contributed by atoms with E-state index in [0.29, 0.717) is 15.8 Å². The van der Waals surface area contributed by atoms with E-state index < -0.39 is 48.3 Å². The SMILES string of the molecule is Cc1cc2nc(C(C(=O)NCCS(N)(=O)=O)S(C)(=O)=O)sc2cc1-c1ccc(C(=O)OC(C)(C)C)cc1. The molecule has 1 unspecified atom stereocenters. The highest BCUT2D eigenvalue weighted by Crippen LogP contribution is 2.35. The maximum atomic E-state index is 12.7. The first kappa shape index (κ1) is 28.7. The second-order valence-corrected chi connectivity index (χ2v) is 14.6. The molecule has 0 aliphatic rings. The zero-order valence-corrected chi connectivity index (χ0v) is 23.5. The summed E-state index contributed by atoms with van der Waals surface area (Å²) in [4.78, 5) is 29.4. The average molecular weight is 568 g/mol. The molecular formula is C24H29N3O7S3. The highest BCUT2D eigenvalue weighted by atomic mass is 32.2. The third-order valence-corrected chi connectivity index (χ3v) is 8.46. The van der Waals surface area contributed by atoms with Crippen LogP contribution in [0.1, 0.15) is 47.0 Å². The Balaban J connectivity index is 1.93. The molecule has 0 bridgehead atoms. The van der Waals surface area contributed by atoms with E-state index in [1.165, 1.54) is 0 Å². The van der Waals surface area contributed by atoms with Gasteiger partial charge in [0.25, 0.3) is 0 Å². The lowest BCUT2D eigenvalue weighted by Gasteiger charge is -2.19. The Morgan fingerprint density at radius 1 is 1.11 bits per heavy atom. The fraction of sp³-hybridized carbons (Fsp3) is 0.375. The van der Waals surface area contributed by atoms with Crippen molar-refractivity contribution in [2.45, 2.75) is 38.5 Å². The van der Waals surface area contributed by atoms with Crippen LogP contribution in [0.15, 0.2) is 36.4 Å². The number of amides is 1. The van der Waals surface area contributed by atoms with Gasteiger partial charge in [0, 0.05) is 12.8 Å². The van der Waals surface area contributed by atoms with Crippen molar-refractivity contribution in [1.82, 2.24) is 10.3 Å². The number of nitrogens with two attached hydrogens (primary N) is 1. The zero-order chi connectivity index (χ0) is 27.8. The van der Waals surface area contributed by atoms with Gasteiger partial charge in [0.05, 0.1) is 21.5 Å². The molecule has 0 saturated heterocycles. The van der Waals surface area contributed by atoms with E-state index in [1.807, 2.05) is 13.0 Å². The number of hydrogen-bond donors (Lipinski definition) is 2. The highest BCUT2D eigenvalue weighted by molar-refractivity contribution is 7.91. The molecule has 0 aliphatic carbocycles. The molecule has 200 valence electrons. The summed E-state index contributed by atoms with van der Waals surface area (Å²) in [6, 6.07) is 10.6. The molecule has 13 heteroatoms. The standard InChI is InChI=1S/C24H29N3O7S3/c1-14-12-18-19(13-17(14)15-6-8-16(9-7-15)23(29)34-24(2,3)4)35-22(27-18)20(36(5,30)31)21(28)26-10-11-37(25,32)33/h6-9,12-13,20H,10-11H2,1-5H3,(H,26,28)(H2,25,32,33). The van der Waals surface area contributed by atoms with Crippen molar-refractivity contribution in [2.24, 2.45) is 5.14 Å². The Labute approximate surface area is 220 Å². The van der Waals surface area contributed by atoms with Gasteiger partial charge in [-0.15, -0.1) is 11.3 Å². The van der Waals surface area contributed by atoms with Crippen LogP contribution in [-0.4, -0.2) is 57.9 Å². The topological polar surface area (TPSA) is 163 Å². The van der Waals surface area contributed by atoms with Crippen molar-refractivity contribution in [3.05, 3.63) is 52.5 Å². The van der Waals surface area contributed by atoms with Crippen molar-refractivity contribution < 1.29 is 31.2 Å². The van der Waals surface area contributed by atoms with Gasteiger partial charge in [-0.25, -0.2) is 31.8 Å². The molecule has 37 heavy (non-hydrogen) atoms. The molecule has 3 N–H and O–H groups in total. The van der Waals surface area contributed by atoms with Crippen LogP contribution in [0.3, 0.4) is 0 Å². The van der Waals surface area contributed by atoms with E-state index in [-0.39, 0.29) is 11.6 Å². The summed E-state index contributed by atoms with van der Waals surface area (Å²) in [5, 5.41) is 5.73. The summed E-state index contributed by atoms with van der Waals surface area (Å²) in [5.74, 6) is -1.82. The monoisotopic (exact) mass is 567 g/mol. The fourth-order valence-corrected chi connectivity index (χ4v) is 6.46. The number of rotatable bonds is 8. The summed E-state index contributed by atoms with van der Waals surface area (Å²) in [6.45, 7) is 6.94. The predicted octanol–water partition coefficient (Wildman–Crippen LogP) is 2.72. The maximum Gasteiger partial charge on any atom is 0.338 e. The first-order valence-corrected chi connectivity index (χ1v) is 15.7. The number of hydrogen-bond acceptors (Lipinski definition) is 9. The Bertz CT molecular complexity index is 1550. The number of sulfone groups is 1. The van der Waals surface area contributed by atoms with Crippen LogP contribution in [0.25, 0.3) is 21.3 Å². The summed E-state index contributed by atoms with van der Waals surface area (Å²) in [5.41, 5.74) is 2.89. The molecule has 1 aromatic heterocycles. The van der Waals surface area contributed by atoms with Crippen LogP contribution in [0.5, 0.6) is 0 Å².